The largest absolute Gasteiger partial charge is 0.483 e. The van der Waals surface area contributed by atoms with Gasteiger partial charge in [0.15, 0.2) is 12.2 Å². The van der Waals surface area contributed by atoms with E-state index >= 15 is 0 Å². The Hall–Kier alpha value is -2.58. The minimum absolute atomic E-state index is 0.00166. The Morgan fingerprint density at radius 3 is 2.70 bits per heavy atom. The number of benzene rings is 1. The SMILES string of the molecule is CCOC=NC1=C(C#N)[C@@H](c2ccc(Cl)cc2)C2=C(CC(C)(C)CC2=O)O1. The molecule has 1 aromatic rings. The number of carbonyl (C=O) groups is 1. The van der Waals surface area contributed by atoms with Crippen LogP contribution in [0.3, 0.4) is 0 Å². The summed E-state index contributed by atoms with van der Waals surface area (Å²) >= 11 is 6.02. The van der Waals surface area contributed by atoms with Crippen molar-refractivity contribution in [1.82, 2.24) is 0 Å². The van der Waals surface area contributed by atoms with E-state index in [1.165, 1.54) is 6.40 Å². The summed E-state index contributed by atoms with van der Waals surface area (Å²) in [5.41, 5.74) is 1.44. The summed E-state index contributed by atoms with van der Waals surface area (Å²) in [5, 5.41) is 10.4. The summed E-state index contributed by atoms with van der Waals surface area (Å²) in [6, 6.07) is 9.35. The molecule has 1 aromatic carbocycles. The van der Waals surface area contributed by atoms with Crippen molar-refractivity contribution in [2.45, 2.75) is 39.5 Å². The van der Waals surface area contributed by atoms with Gasteiger partial charge in [-0.2, -0.15) is 10.3 Å². The van der Waals surface area contributed by atoms with Crippen LogP contribution in [0.1, 0.15) is 45.1 Å². The highest BCUT2D eigenvalue weighted by Crippen LogP contribution is 2.48. The number of allylic oxidation sites excluding steroid dienone is 3. The summed E-state index contributed by atoms with van der Waals surface area (Å²) < 4.78 is 11.1. The van der Waals surface area contributed by atoms with Gasteiger partial charge in [0, 0.05) is 23.4 Å². The molecule has 0 saturated heterocycles. The number of ketones is 1. The van der Waals surface area contributed by atoms with E-state index in [2.05, 4.69) is 11.1 Å². The van der Waals surface area contributed by atoms with Crippen molar-refractivity contribution >= 4 is 23.8 Å². The van der Waals surface area contributed by atoms with E-state index in [4.69, 9.17) is 21.1 Å². The lowest BCUT2D eigenvalue weighted by atomic mass is 9.70. The van der Waals surface area contributed by atoms with Gasteiger partial charge in [0.2, 0.25) is 5.88 Å². The number of carbonyl (C=O) groups excluding carboxylic acids is 1. The fourth-order valence-corrected chi connectivity index (χ4v) is 3.61. The fraction of sp³-hybridized carbons (Fsp3) is 0.381. The molecular formula is C21H21ClN2O3. The maximum absolute atomic E-state index is 13.0. The molecule has 6 heteroatoms. The number of aliphatic imine (C=N–C) groups is 1. The summed E-state index contributed by atoms with van der Waals surface area (Å²) in [6.07, 6.45) is 2.28. The molecule has 0 spiro atoms. The molecule has 0 amide bonds. The molecule has 0 unspecified atom stereocenters. The van der Waals surface area contributed by atoms with Crippen molar-refractivity contribution in [3.63, 3.8) is 0 Å². The van der Waals surface area contributed by atoms with Gasteiger partial charge in [-0.05, 0) is 30.0 Å². The minimum Gasteiger partial charge on any atom is -0.483 e. The molecule has 0 saturated carbocycles. The quantitative estimate of drug-likeness (QED) is 0.547. The number of Topliss-reactive ketones (excluding diaryl/α,β-unsaturated/α-hetero) is 1. The third kappa shape index (κ3) is 3.91. The van der Waals surface area contributed by atoms with E-state index in [1.54, 1.807) is 12.1 Å². The summed E-state index contributed by atoms with van der Waals surface area (Å²) in [7, 11) is 0. The number of ether oxygens (including phenoxy) is 2. The number of rotatable bonds is 4. The second kappa shape index (κ2) is 7.58. The number of hydrogen-bond donors (Lipinski definition) is 0. The van der Waals surface area contributed by atoms with Crippen molar-refractivity contribution in [1.29, 1.82) is 5.26 Å². The predicted molar refractivity (Wildman–Crippen MR) is 103 cm³/mol. The van der Waals surface area contributed by atoms with E-state index in [0.717, 1.165) is 5.56 Å². The third-order valence-corrected chi connectivity index (χ3v) is 4.89. The molecule has 0 bridgehead atoms. The van der Waals surface area contributed by atoms with Crippen molar-refractivity contribution in [3.8, 4) is 6.07 Å². The molecular weight excluding hydrogens is 364 g/mol. The first-order chi connectivity index (χ1) is 12.9. The second-order valence-corrected chi connectivity index (χ2v) is 7.82. The predicted octanol–water partition coefficient (Wildman–Crippen LogP) is 4.90. The van der Waals surface area contributed by atoms with Gasteiger partial charge in [-0.25, -0.2) is 0 Å². The van der Waals surface area contributed by atoms with Crippen LogP contribution < -0.4 is 0 Å². The maximum Gasteiger partial charge on any atom is 0.236 e. The molecule has 3 rings (SSSR count). The Morgan fingerprint density at radius 1 is 1.37 bits per heavy atom. The van der Waals surface area contributed by atoms with Crippen LogP contribution in [0, 0.1) is 16.7 Å². The van der Waals surface area contributed by atoms with Gasteiger partial charge < -0.3 is 9.47 Å². The zero-order valence-electron chi connectivity index (χ0n) is 15.6. The molecule has 140 valence electrons. The number of nitrogens with zero attached hydrogens (tertiary/aromatic N) is 2. The average molecular weight is 385 g/mol. The van der Waals surface area contributed by atoms with Crippen molar-refractivity contribution in [2.75, 3.05) is 6.61 Å². The van der Waals surface area contributed by atoms with E-state index in [9.17, 15) is 10.1 Å². The van der Waals surface area contributed by atoms with Crippen molar-refractivity contribution in [2.24, 2.45) is 10.4 Å². The summed E-state index contributed by atoms with van der Waals surface area (Å²) in [4.78, 5) is 17.2. The first-order valence-corrected chi connectivity index (χ1v) is 9.22. The van der Waals surface area contributed by atoms with Gasteiger partial charge >= 0.3 is 0 Å². The topological polar surface area (TPSA) is 71.7 Å². The lowest BCUT2D eigenvalue weighted by Gasteiger charge is -2.37. The molecule has 1 heterocycles. The van der Waals surface area contributed by atoms with Gasteiger partial charge in [-0.15, -0.1) is 0 Å². The molecule has 0 fully saturated rings. The van der Waals surface area contributed by atoms with Crippen LogP contribution in [0.15, 0.2) is 52.0 Å². The highest BCUT2D eigenvalue weighted by atomic mass is 35.5. The van der Waals surface area contributed by atoms with Crippen LogP contribution in [0.5, 0.6) is 0 Å². The van der Waals surface area contributed by atoms with Gasteiger partial charge in [0.25, 0.3) is 0 Å². The zero-order valence-corrected chi connectivity index (χ0v) is 16.3. The van der Waals surface area contributed by atoms with Crippen LogP contribution in [-0.4, -0.2) is 18.8 Å². The van der Waals surface area contributed by atoms with Gasteiger partial charge in [0.05, 0.1) is 12.5 Å². The molecule has 0 radical (unpaired) electrons. The number of nitriles is 1. The van der Waals surface area contributed by atoms with E-state index in [1.807, 2.05) is 32.9 Å². The lowest BCUT2D eigenvalue weighted by molar-refractivity contribution is -0.119. The Labute approximate surface area is 163 Å². The molecule has 2 aliphatic rings. The Kier molecular flexibility index (Phi) is 5.38. The van der Waals surface area contributed by atoms with Gasteiger partial charge in [-0.3, -0.25) is 4.79 Å². The van der Waals surface area contributed by atoms with Crippen LogP contribution in [0.2, 0.25) is 5.02 Å². The molecule has 1 atom stereocenters. The average Bonchev–Trinajstić information content (AvgIpc) is 2.60. The smallest absolute Gasteiger partial charge is 0.236 e. The van der Waals surface area contributed by atoms with Crippen LogP contribution >= 0.6 is 11.6 Å². The number of halogens is 1. The summed E-state index contributed by atoms with van der Waals surface area (Å²) in [5.74, 6) is 0.240. The van der Waals surface area contributed by atoms with E-state index in [0.29, 0.717) is 41.4 Å². The van der Waals surface area contributed by atoms with Crippen molar-refractivity contribution < 1.29 is 14.3 Å². The third-order valence-electron chi connectivity index (χ3n) is 4.64. The highest BCUT2D eigenvalue weighted by Gasteiger charge is 2.43. The lowest BCUT2D eigenvalue weighted by Crippen LogP contribution is -2.32. The Bertz CT molecular complexity index is 889. The van der Waals surface area contributed by atoms with E-state index in [-0.39, 0.29) is 17.1 Å². The van der Waals surface area contributed by atoms with Crippen LogP contribution in [-0.2, 0) is 14.3 Å². The molecule has 1 aliphatic carbocycles. The minimum atomic E-state index is -0.520. The summed E-state index contributed by atoms with van der Waals surface area (Å²) in [6.45, 7) is 6.36. The first-order valence-electron chi connectivity index (χ1n) is 8.84. The Balaban J connectivity index is 2.16. The first kappa shape index (κ1) is 19.2. The van der Waals surface area contributed by atoms with Gasteiger partial charge in [-0.1, -0.05) is 37.6 Å². The number of hydrogen-bond acceptors (Lipinski definition) is 5. The second-order valence-electron chi connectivity index (χ2n) is 7.38. The highest BCUT2D eigenvalue weighted by molar-refractivity contribution is 6.30. The normalized spacial score (nSPS) is 21.7. The van der Waals surface area contributed by atoms with Gasteiger partial charge in [0.1, 0.15) is 17.4 Å². The fourth-order valence-electron chi connectivity index (χ4n) is 3.49. The monoisotopic (exact) mass is 384 g/mol. The zero-order chi connectivity index (χ0) is 19.6. The molecule has 5 nitrogen and oxygen atoms in total. The van der Waals surface area contributed by atoms with Crippen LogP contribution in [0.25, 0.3) is 0 Å². The molecule has 1 aliphatic heterocycles. The van der Waals surface area contributed by atoms with E-state index < -0.39 is 5.92 Å². The molecule has 27 heavy (non-hydrogen) atoms. The molecule has 0 N–H and O–H groups in total. The van der Waals surface area contributed by atoms with Crippen molar-refractivity contribution in [3.05, 3.63) is 57.6 Å². The maximum atomic E-state index is 13.0. The standard InChI is InChI=1S/C21H21ClN2O3/c1-4-26-12-24-20-15(11-23)18(13-5-7-14(22)8-6-13)19-16(25)9-21(2,3)10-17(19)27-20/h5-8,12,18H,4,9-10H2,1-3H3/t18-/m1/s1. The van der Waals surface area contributed by atoms with Crippen LogP contribution in [0.4, 0.5) is 0 Å². The molecule has 0 aromatic heterocycles. The Morgan fingerprint density at radius 2 is 2.07 bits per heavy atom.